The lowest BCUT2D eigenvalue weighted by atomic mass is 9.86. The Morgan fingerprint density at radius 2 is 2.06 bits per heavy atom. The Morgan fingerprint density at radius 1 is 1.39 bits per heavy atom. The Bertz CT molecular complexity index is 335. The first kappa shape index (κ1) is 14.9. The molecule has 2 atom stereocenters. The van der Waals surface area contributed by atoms with Crippen molar-refractivity contribution in [1.29, 1.82) is 0 Å². The van der Waals surface area contributed by atoms with Crippen LogP contribution >= 0.6 is 0 Å². The first-order valence-corrected chi connectivity index (χ1v) is 6.67. The van der Waals surface area contributed by atoms with E-state index in [1.54, 1.807) is 7.11 Å². The molecule has 0 aromatic rings. The standard InChI is InChI=1S/C16H27NO/c1-12(11-16(3,4)5)17-15-10-8-7-9-14(15)13(2)18-6/h8,10,14-15,17H,1-2,7,9,11H2,3-6H3. The number of hydrogen-bond acceptors (Lipinski definition) is 2. The van der Waals surface area contributed by atoms with E-state index < -0.39 is 0 Å². The Balaban J connectivity index is 2.62. The molecule has 102 valence electrons. The number of allylic oxidation sites excluding steroid dienone is 2. The van der Waals surface area contributed by atoms with Gasteiger partial charge < -0.3 is 10.1 Å². The number of rotatable bonds is 5. The molecule has 2 unspecified atom stereocenters. The van der Waals surface area contributed by atoms with Crippen LogP contribution < -0.4 is 5.32 Å². The lowest BCUT2D eigenvalue weighted by molar-refractivity contribution is 0.219. The van der Waals surface area contributed by atoms with Gasteiger partial charge in [0.05, 0.1) is 18.9 Å². The van der Waals surface area contributed by atoms with Crippen LogP contribution in [0.1, 0.15) is 40.0 Å². The van der Waals surface area contributed by atoms with Gasteiger partial charge in [-0.25, -0.2) is 0 Å². The van der Waals surface area contributed by atoms with Gasteiger partial charge in [0.15, 0.2) is 0 Å². The summed E-state index contributed by atoms with van der Waals surface area (Å²) in [5.74, 6) is 1.21. The second kappa shape index (κ2) is 6.12. The second-order valence-corrected chi connectivity index (χ2v) is 6.29. The lowest BCUT2D eigenvalue weighted by Gasteiger charge is -2.32. The molecule has 0 radical (unpaired) electrons. The Kier molecular flexibility index (Phi) is 5.06. The fraction of sp³-hybridized carbons (Fsp3) is 0.625. The van der Waals surface area contributed by atoms with Crippen molar-refractivity contribution in [2.24, 2.45) is 11.3 Å². The summed E-state index contributed by atoms with van der Waals surface area (Å²) in [6.45, 7) is 14.8. The molecule has 0 heterocycles. The molecule has 18 heavy (non-hydrogen) atoms. The van der Waals surface area contributed by atoms with Gasteiger partial charge >= 0.3 is 0 Å². The van der Waals surface area contributed by atoms with Crippen LogP contribution in [0.5, 0.6) is 0 Å². The maximum atomic E-state index is 5.30. The van der Waals surface area contributed by atoms with Gasteiger partial charge in [-0.05, 0) is 24.7 Å². The van der Waals surface area contributed by atoms with Crippen LogP contribution in [0.4, 0.5) is 0 Å². The van der Waals surface area contributed by atoms with Crippen LogP contribution in [0.3, 0.4) is 0 Å². The zero-order valence-electron chi connectivity index (χ0n) is 12.3. The van der Waals surface area contributed by atoms with Crippen LogP contribution in [-0.4, -0.2) is 13.2 Å². The molecule has 2 heteroatoms. The van der Waals surface area contributed by atoms with Crippen molar-refractivity contribution in [3.63, 3.8) is 0 Å². The van der Waals surface area contributed by atoms with Gasteiger partial charge in [-0.3, -0.25) is 0 Å². The molecule has 0 bridgehead atoms. The molecule has 0 fully saturated rings. The molecule has 0 aromatic heterocycles. The number of ether oxygens (including phenoxy) is 1. The molecule has 1 aliphatic rings. The van der Waals surface area contributed by atoms with Gasteiger partial charge in [0, 0.05) is 11.6 Å². The summed E-state index contributed by atoms with van der Waals surface area (Å²) in [5.41, 5.74) is 1.35. The topological polar surface area (TPSA) is 21.3 Å². The van der Waals surface area contributed by atoms with E-state index in [1.165, 1.54) is 0 Å². The van der Waals surface area contributed by atoms with Gasteiger partial charge in [0.1, 0.15) is 0 Å². The fourth-order valence-corrected chi connectivity index (χ4v) is 2.42. The van der Waals surface area contributed by atoms with E-state index in [4.69, 9.17) is 4.74 Å². The van der Waals surface area contributed by atoms with Crippen LogP contribution in [0.15, 0.2) is 36.8 Å². The maximum absolute atomic E-state index is 5.30. The quantitative estimate of drug-likeness (QED) is 0.587. The Labute approximate surface area is 112 Å². The normalized spacial score (nSPS) is 23.6. The molecular weight excluding hydrogens is 222 g/mol. The van der Waals surface area contributed by atoms with E-state index in [0.29, 0.717) is 5.92 Å². The van der Waals surface area contributed by atoms with Crippen LogP contribution in [0, 0.1) is 11.3 Å². The number of methoxy groups -OCH3 is 1. The van der Waals surface area contributed by atoms with Crippen molar-refractivity contribution in [3.8, 4) is 0 Å². The maximum Gasteiger partial charge on any atom is 0.0938 e. The highest BCUT2D eigenvalue weighted by molar-refractivity contribution is 5.13. The van der Waals surface area contributed by atoms with Crippen LogP contribution in [0.25, 0.3) is 0 Å². The summed E-state index contributed by atoms with van der Waals surface area (Å²) in [6.07, 6.45) is 7.60. The molecule has 0 aliphatic heterocycles. The van der Waals surface area contributed by atoms with Gasteiger partial charge in [0.25, 0.3) is 0 Å². The van der Waals surface area contributed by atoms with E-state index in [2.05, 4.69) is 51.4 Å². The average Bonchev–Trinajstić information content (AvgIpc) is 2.26. The van der Waals surface area contributed by atoms with Gasteiger partial charge in [0.2, 0.25) is 0 Å². The van der Waals surface area contributed by atoms with Crippen LogP contribution in [-0.2, 0) is 4.74 Å². The predicted molar refractivity (Wildman–Crippen MR) is 78.1 cm³/mol. The second-order valence-electron chi connectivity index (χ2n) is 6.29. The summed E-state index contributed by atoms with van der Waals surface area (Å²) in [6, 6.07) is 0.265. The third-order valence-electron chi connectivity index (χ3n) is 3.21. The van der Waals surface area contributed by atoms with Crippen molar-refractivity contribution in [1.82, 2.24) is 5.32 Å². The van der Waals surface area contributed by atoms with Gasteiger partial charge in [-0.1, -0.05) is 46.1 Å². The van der Waals surface area contributed by atoms with E-state index in [0.717, 1.165) is 30.7 Å². The number of hydrogen-bond donors (Lipinski definition) is 1. The highest BCUT2D eigenvalue weighted by Crippen LogP contribution is 2.28. The Morgan fingerprint density at radius 3 is 2.61 bits per heavy atom. The fourth-order valence-electron chi connectivity index (χ4n) is 2.42. The molecular formula is C16H27NO. The number of nitrogens with one attached hydrogen (secondary N) is 1. The molecule has 0 saturated heterocycles. The summed E-state index contributed by atoms with van der Waals surface area (Å²) in [5, 5.41) is 3.52. The molecule has 0 amide bonds. The van der Waals surface area contributed by atoms with Crippen LogP contribution in [0.2, 0.25) is 0 Å². The monoisotopic (exact) mass is 249 g/mol. The van der Waals surface area contributed by atoms with Crippen molar-refractivity contribution < 1.29 is 4.74 Å². The summed E-state index contributed by atoms with van der Waals surface area (Å²) in [4.78, 5) is 0. The minimum Gasteiger partial charge on any atom is -0.501 e. The minimum absolute atomic E-state index is 0.260. The van der Waals surface area contributed by atoms with Gasteiger partial charge in [-0.2, -0.15) is 0 Å². The van der Waals surface area contributed by atoms with Crippen molar-refractivity contribution in [2.75, 3.05) is 7.11 Å². The molecule has 1 rings (SSSR count). The predicted octanol–water partition coefficient (Wildman–Crippen LogP) is 4.02. The molecule has 1 N–H and O–H groups in total. The van der Waals surface area contributed by atoms with E-state index in [-0.39, 0.29) is 11.5 Å². The van der Waals surface area contributed by atoms with Crippen molar-refractivity contribution in [2.45, 2.75) is 46.1 Å². The molecule has 0 aromatic carbocycles. The molecule has 2 nitrogen and oxygen atoms in total. The smallest absolute Gasteiger partial charge is 0.0938 e. The van der Waals surface area contributed by atoms with E-state index >= 15 is 0 Å². The summed E-state index contributed by atoms with van der Waals surface area (Å²) in [7, 11) is 1.70. The molecule has 0 spiro atoms. The third kappa shape index (κ3) is 4.59. The average molecular weight is 249 g/mol. The zero-order valence-corrected chi connectivity index (χ0v) is 12.3. The molecule has 1 aliphatic carbocycles. The third-order valence-corrected chi connectivity index (χ3v) is 3.21. The highest BCUT2D eigenvalue weighted by Gasteiger charge is 2.25. The lowest BCUT2D eigenvalue weighted by Crippen LogP contribution is -2.37. The first-order chi connectivity index (χ1) is 8.33. The van der Waals surface area contributed by atoms with Crippen molar-refractivity contribution in [3.05, 3.63) is 36.8 Å². The van der Waals surface area contributed by atoms with Crippen molar-refractivity contribution >= 4 is 0 Å². The minimum atomic E-state index is 0.260. The first-order valence-electron chi connectivity index (χ1n) is 6.67. The van der Waals surface area contributed by atoms with E-state index in [1.807, 2.05) is 0 Å². The summed E-state index contributed by atoms with van der Waals surface area (Å²) < 4.78 is 5.30. The molecule has 0 saturated carbocycles. The largest absolute Gasteiger partial charge is 0.501 e. The Hall–Kier alpha value is -1.18. The van der Waals surface area contributed by atoms with E-state index in [9.17, 15) is 0 Å². The zero-order chi connectivity index (χ0) is 13.8. The summed E-state index contributed by atoms with van der Waals surface area (Å²) >= 11 is 0. The van der Waals surface area contributed by atoms with Gasteiger partial charge in [-0.15, -0.1) is 0 Å². The highest BCUT2D eigenvalue weighted by atomic mass is 16.5. The SMILES string of the molecule is C=C(CC(C)(C)C)NC1C=CCCC1C(=C)OC.